The van der Waals surface area contributed by atoms with E-state index in [9.17, 15) is 13.2 Å². The predicted octanol–water partition coefficient (Wildman–Crippen LogP) is 0.282. The van der Waals surface area contributed by atoms with Crippen LogP contribution in [0.1, 0.15) is 27.8 Å². The number of hydrogen-bond donors (Lipinski definition) is 0. The summed E-state index contributed by atoms with van der Waals surface area (Å²) >= 11 is 0. The molecule has 0 bridgehead atoms. The lowest BCUT2D eigenvalue weighted by molar-refractivity contribution is 0.112. The molecule has 2 heterocycles. The van der Waals surface area contributed by atoms with Gasteiger partial charge in [-0.1, -0.05) is 0 Å². The third-order valence-electron chi connectivity index (χ3n) is 2.74. The largest absolute Gasteiger partial charge is 0.298 e. The van der Waals surface area contributed by atoms with Crippen molar-refractivity contribution < 1.29 is 13.2 Å². The zero-order valence-corrected chi connectivity index (χ0v) is 9.41. The van der Waals surface area contributed by atoms with Gasteiger partial charge in [0.25, 0.3) is 0 Å². The lowest BCUT2D eigenvalue weighted by Crippen LogP contribution is -2.39. The first kappa shape index (κ1) is 10.4. The fourth-order valence-electron chi connectivity index (χ4n) is 1.88. The highest BCUT2D eigenvalue weighted by Crippen LogP contribution is 2.26. The van der Waals surface area contributed by atoms with Gasteiger partial charge in [0.1, 0.15) is 0 Å². The number of rotatable bonds is 2. The highest BCUT2D eigenvalue weighted by atomic mass is 32.2. The molecule has 0 unspecified atom stereocenters. The third kappa shape index (κ3) is 1.58. The normalized spacial score (nSPS) is 19.9. The van der Waals surface area contributed by atoms with E-state index in [1.165, 1.54) is 0 Å². The maximum Gasteiger partial charge on any atom is 0.154 e. The van der Waals surface area contributed by atoms with Gasteiger partial charge in [0.2, 0.25) is 0 Å². The summed E-state index contributed by atoms with van der Waals surface area (Å²) in [6, 6.07) is -0.0950. The second-order valence-electron chi connectivity index (χ2n) is 3.88. The maximum absolute atomic E-state index is 11.0. The molecule has 1 saturated heterocycles. The van der Waals surface area contributed by atoms with Crippen molar-refractivity contribution in [2.24, 2.45) is 0 Å². The summed E-state index contributed by atoms with van der Waals surface area (Å²) in [5.74, 6) is 0.264. The molecule has 0 atom stereocenters. The van der Waals surface area contributed by atoms with Gasteiger partial charge in [-0.3, -0.25) is 9.48 Å². The SMILES string of the molecule is Cc1nn(C2CS(=O)(=O)C2)c(C)c1C=O. The number of nitrogens with zero attached hydrogens (tertiary/aromatic N) is 2. The Morgan fingerprint density at radius 2 is 2.00 bits per heavy atom. The van der Waals surface area contributed by atoms with Crippen molar-refractivity contribution in [3.8, 4) is 0 Å². The first-order valence-corrected chi connectivity index (χ1v) is 6.48. The van der Waals surface area contributed by atoms with E-state index in [-0.39, 0.29) is 17.5 Å². The maximum atomic E-state index is 11.0. The molecule has 0 aromatic carbocycles. The summed E-state index contributed by atoms with van der Waals surface area (Å²) < 4.78 is 23.7. The van der Waals surface area contributed by atoms with Gasteiger partial charge < -0.3 is 0 Å². The standard InChI is InChI=1S/C9H12N2O3S/c1-6-9(3-12)7(2)11(10-6)8-4-15(13,14)5-8/h3,8H,4-5H2,1-2H3. The Bertz CT molecular complexity index is 504. The summed E-state index contributed by atoms with van der Waals surface area (Å²) in [6.45, 7) is 3.54. The number of carbonyl (C=O) groups excluding carboxylic acids is 1. The van der Waals surface area contributed by atoms with Crippen LogP contribution in [-0.4, -0.2) is 36.0 Å². The molecule has 82 valence electrons. The van der Waals surface area contributed by atoms with Gasteiger partial charge in [0.15, 0.2) is 16.1 Å². The Balaban J connectivity index is 2.35. The highest BCUT2D eigenvalue weighted by molar-refractivity contribution is 7.92. The van der Waals surface area contributed by atoms with E-state index in [2.05, 4.69) is 5.10 Å². The van der Waals surface area contributed by atoms with Crippen LogP contribution in [0.2, 0.25) is 0 Å². The van der Waals surface area contributed by atoms with E-state index in [1.54, 1.807) is 18.5 Å². The van der Waals surface area contributed by atoms with Crippen molar-refractivity contribution in [1.29, 1.82) is 0 Å². The van der Waals surface area contributed by atoms with E-state index >= 15 is 0 Å². The van der Waals surface area contributed by atoms with Crippen LogP contribution in [0.3, 0.4) is 0 Å². The minimum absolute atomic E-state index is 0.0950. The quantitative estimate of drug-likeness (QED) is 0.682. The molecule has 15 heavy (non-hydrogen) atoms. The monoisotopic (exact) mass is 228 g/mol. The molecule has 1 aliphatic rings. The van der Waals surface area contributed by atoms with Crippen molar-refractivity contribution >= 4 is 16.1 Å². The molecule has 1 aromatic rings. The van der Waals surface area contributed by atoms with Crippen LogP contribution < -0.4 is 0 Å². The summed E-state index contributed by atoms with van der Waals surface area (Å²) in [5, 5.41) is 4.19. The number of aryl methyl sites for hydroxylation is 1. The van der Waals surface area contributed by atoms with Gasteiger partial charge >= 0.3 is 0 Å². The molecule has 1 fully saturated rings. The van der Waals surface area contributed by atoms with Crippen LogP contribution in [0, 0.1) is 13.8 Å². The molecule has 2 rings (SSSR count). The highest BCUT2D eigenvalue weighted by Gasteiger charge is 2.36. The van der Waals surface area contributed by atoms with Crippen LogP contribution >= 0.6 is 0 Å². The molecule has 5 nitrogen and oxygen atoms in total. The molecule has 0 aliphatic carbocycles. The van der Waals surface area contributed by atoms with Crippen molar-refractivity contribution in [1.82, 2.24) is 9.78 Å². The Labute approximate surface area is 88.0 Å². The zero-order valence-electron chi connectivity index (χ0n) is 8.60. The minimum atomic E-state index is -2.86. The Hall–Kier alpha value is -1.17. The van der Waals surface area contributed by atoms with Gasteiger partial charge in [-0.25, -0.2) is 8.42 Å². The molecule has 0 N–H and O–H groups in total. The second kappa shape index (κ2) is 3.16. The number of aromatic nitrogens is 2. The van der Waals surface area contributed by atoms with Crippen LogP contribution in [0.15, 0.2) is 0 Å². The first-order chi connectivity index (χ1) is 6.94. The van der Waals surface area contributed by atoms with E-state index in [0.29, 0.717) is 11.3 Å². The van der Waals surface area contributed by atoms with E-state index in [4.69, 9.17) is 0 Å². The lowest BCUT2D eigenvalue weighted by atomic mass is 10.2. The van der Waals surface area contributed by atoms with Crippen molar-refractivity contribution in [3.05, 3.63) is 17.0 Å². The van der Waals surface area contributed by atoms with Crippen LogP contribution in [0.5, 0.6) is 0 Å². The fourth-order valence-corrected chi connectivity index (χ4v) is 3.24. The van der Waals surface area contributed by atoms with E-state index < -0.39 is 9.84 Å². The molecule has 0 spiro atoms. The predicted molar refractivity (Wildman–Crippen MR) is 54.8 cm³/mol. The second-order valence-corrected chi connectivity index (χ2v) is 6.03. The van der Waals surface area contributed by atoms with Crippen LogP contribution in [-0.2, 0) is 9.84 Å². The van der Waals surface area contributed by atoms with Gasteiger partial charge in [0.05, 0.1) is 28.8 Å². The number of hydrogen-bond acceptors (Lipinski definition) is 4. The summed E-state index contributed by atoms with van der Waals surface area (Å²) in [4.78, 5) is 10.7. The van der Waals surface area contributed by atoms with Gasteiger partial charge in [-0.15, -0.1) is 0 Å². The number of sulfone groups is 1. The molecule has 6 heteroatoms. The first-order valence-electron chi connectivity index (χ1n) is 4.66. The minimum Gasteiger partial charge on any atom is -0.298 e. The van der Waals surface area contributed by atoms with Crippen molar-refractivity contribution in [3.63, 3.8) is 0 Å². The topological polar surface area (TPSA) is 69.0 Å². The van der Waals surface area contributed by atoms with Gasteiger partial charge in [0, 0.05) is 5.69 Å². The molecule has 0 amide bonds. The van der Waals surface area contributed by atoms with Gasteiger partial charge in [-0.05, 0) is 13.8 Å². The molecule has 1 aromatic heterocycles. The Morgan fingerprint density at radius 3 is 2.40 bits per heavy atom. The average Bonchev–Trinajstić information content (AvgIpc) is 2.37. The Morgan fingerprint density at radius 1 is 1.40 bits per heavy atom. The van der Waals surface area contributed by atoms with Gasteiger partial charge in [-0.2, -0.15) is 5.10 Å². The van der Waals surface area contributed by atoms with Crippen molar-refractivity contribution in [2.75, 3.05) is 11.5 Å². The zero-order chi connectivity index (χ0) is 11.2. The molecule has 1 aliphatic heterocycles. The molecule has 0 radical (unpaired) electrons. The summed E-state index contributed by atoms with van der Waals surface area (Å²) in [7, 11) is -2.86. The van der Waals surface area contributed by atoms with E-state index in [1.807, 2.05) is 0 Å². The Kier molecular flexibility index (Phi) is 2.18. The molecule has 0 saturated carbocycles. The lowest BCUT2D eigenvalue weighted by Gasteiger charge is -2.27. The third-order valence-corrected chi connectivity index (χ3v) is 4.52. The molecular weight excluding hydrogens is 216 g/mol. The average molecular weight is 228 g/mol. The van der Waals surface area contributed by atoms with Crippen molar-refractivity contribution in [2.45, 2.75) is 19.9 Å². The van der Waals surface area contributed by atoms with Crippen LogP contribution in [0.25, 0.3) is 0 Å². The summed E-state index contributed by atoms with van der Waals surface area (Å²) in [6.07, 6.45) is 0.765. The summed E-state index contributed by atoms with van der Waals surface area (Å²) in [5.41, 5.74) is 1.98. The fraction of sp³-hybridized carbons (Fsp3) is 0.556. The number of aldehydes is 1. The molecular formula is C9H12N2O3S. The van der Waals surface area contributed by atoms with E-state index in [0.717, 1.165) is 12.0 Å². The number of carbonyl (C=O) groups is 1. The smallest absolute Gasteiger partial charge is 0.154 e. The van der Waals surface area contributed by atoms with Crippen LogP contribution in [0.4, 0.5) is 0 Å².